The van der Waals surface area contributed by atoms with E-state index in [1.165, 1.54) is 25.7 Å². The van der Waals surface area contributed by atoms with Gasteiger partial charge in [-0.05, 0) is 45.8 Å². The van der Waals surface area contributed by atoms with Gasteiger partial charge in [0.1, 0.15) is 0 Å². The van der Waals surface area contributed by atoms with E-state index in [2.05, 4.69) is 11.9 Å². The zero-order valence-electron chi connectivity index (χ0n) is 14.9. The molecule has 0 aliphatic heterocycles. The van der Waals surface area contributed by atoms with Crippen LogP contribution in [0.1, 0.15) is 77.6 Å². The minimum absolute atomic E-state index is 0.215. The van der Waals surface area contributed by atoms with Crippen LogP contribution in [0.25, 0.3) is 0 Å². The first-order valence-electron chi connectivity index (χ1n) is 9.06. The van der Waals surface area contributed by atoms with Crippen LogP contribution in [0.15, 0.2) is 0 Å². The molecular weight excluding hydrogens is 294 g/mol. The van der Waals surface area contributed by atoms with E-state index in [1.807, 2.05) is 0 Å². The van der Waals surface area contributed by atoms with Gasteiger partial charge in [-0.15, -0.1) is 0 Å². The molecule has 2 N–H and O–H groups in total. The van der Waals surface area contributed by atoms with Crippen molar-refractivity contribution in [2.45, 2.75) is 77.6 Å². The van der Waals surface area contributed by atoms with Gasteiger partial charge in [-0.1, -0.05) is 45.4 Å². The molecule has 23 heavy (non-hydrogen) atoms. The smallest absolute Gasteiger partial charge is 0.306 e. The summed E-state index contributed by atoms with van der Waals surface area (Å²) in [6, 6.07) is 0. The molecule has 0 heterocycles. The highest BCUT2D eigenvalue weighted by molar-refractivity contribution is 5.69. The number of carboxylic acids is 2. The Morgan fingerprint density at radius 1 is 0.826 bits per heavy atom. The number of carbonyl (C=O) groups is 2. The lowest BCUT2D eigenvalue weighted by Crippen LogP contribution is -2.20. The van der Waals surface area contributed by atoms with Gasteiger partial charge in [0.25, 0.3) is 0 Å². The minimum Gasteiger partial charge on any atom is -0.481 e. The van der Waals surface area contributed by atoms with Crippen molar-refractivity contribution >= 4 is 11.9 Å². The number of carboxylic acid groups (broad SMARTS) is 2. The van der Waals surface area contributed by atoms with E-state index in [9.17, 15) is 9.59 Å². The average Bonchev–Trinajstić information content (AvgIpc) is 2.49. The summed E-state index contributed by atoms with van der Waals surface area (Å²) in [5.41, 5.74) is 0. The van der Waals surface area contributed by atoms with Crippen molar-refractivity contribution in [3.63, 3.8) is 0 Å². The second-order valence-corrected chi connectivity index (χ2v) is 6.66. The Morgan fingerprint density at radius 2 is 1.30 bits per heavy atom. The van der Waals surface area contributed by atoms with Gasteiger partial charge in [0.05, 0.1) is 5.92 Å². The topological polar surface area (TPSA) is 77.8 Å². The summed E-state index contributed by atoms with van der Waals surface area (Å²) in [7, 11) is 2.15. The largest absolute Gasteiger partial charge is 0.481 e. The molecule has 0 spiro atoms. The number of nitrogens with zero attached hydrogens (tertiary/aromatic N) is 1. The lowest BCUT2D eigenvalue weighted by atomic mass is 10.0. The van der Waals surface area contributed by atoms with Crippen LogP contribution < -0.4 is 0 Å². The van der Waals surface area contributed by atoms with E-state index in [0.29, 0.717) is 6.42 Å². The highest BCUT2D eigenvalue weighted by Gasteiger charge is 2.09. The summed E-state index contributed by atoms with van der Waals surface area (Å²) in [4.78, 5) is 23.4. The molecule has 136 valence electrons. The second kappa shape index (κ2) is 14.5. The molecule has 1 unspecified atom stereocenters. The molecule has 0 radical (unpaired) electrons. The Hall–Kier alpha value is -1.10. The maximum Gasteiger partial charge on any atom is 0.306 e. The molecule has 0 aliphatic rings. The summed E-state index contributed by atoms with van der Waals surface area (Å²) in [5, 5.41) is 17.3. The molecule has 0 rings (SSSR count). The van der Waals surface area contributed by atoms with Gasteiger partial charge in [0.15, 0.2) is 0 Å². The molecule has 0 aromatic heterocycles. The van der Waals surface area contributed by atoms with E-state index < -0.39 is 11.9 Å². The van der Waals surface area contributed by atoms with Crippen LogP contribution in [0, 0.1) is 5.92 Å². The first kappa shape index (κ1) is 21.9. The first-order valence-corrected chi connectivity index (χ1v) is 9.06. The normalized spacial score (nSPS) is 12.5. The summed E-state index contributed by atoms with van der Waals surface area (Å²) >= 11 is 0. The molecule has 0 fully saturated rings. The average molecular weight is 329 g/mol. The molecule has 0 aromatic carbocycles. The third kappa shape index (κ3) is 15.6. The molecule has 1 atom stereocenters. The predicted molar refractivity (Wildman–Crippen MR) is 92.7 cm³/mol. The van der Waals surface area contributed by atoms with Crippen molar-refractivity contribution < 1.29 is 19.8 Å². The fourth-order valence-corrected chi connectivity index (χ4v) is 2.61. The zero-order valence-corrected chi connectivity index (χ0v) is 14.9. The van der Waals surface area contributed by atoms with Gasteiger partial charge in [-0.2, -0.15) is 0 Å². The van der Waals surface area contributed by atoms with E-state index in [1.54, 1.807) is 6.92 Å². The quantitative estimate of drug-likeness (QED) is 0.418. The Bertz CT molecular complexity index is 320. The molecule has 0 aliphatic carbocycles. The maximum atomic E-state index is 10.7. The van der Waals surface area contributed by atoms with E-state index in [0.717, 1.165) is 51.6 Å². The number of rotatable bonds is 16. The molecule has 0 aromatic rings. The second-order valence-electron chi connectivity index (χ2n) is 6.66. The van der Waals surface area contributed by atoms with Gasteiger partial charge in [-0.25, -0.2) is 0 Å². The summed E-state index contributed by atoms with van der Waals surface area (Å²) in [5.74, 6) is -1.59. The van der Waals surface area contributed by atoms with E-state index in [4.69, 9.17) is 10.2 Å². The van der Waals surface area contributed by atoms with Crippen LogP contribution in [0.2, 0.25) is 0 Å². The Balaban J connectivity index is 3.29. The molecule has 0 saturated heterocycles. The third-order valence-electron chi connectivity index (χ3n) is 4.28. The van der Waals surface area contributed by atoms with Crippen molar-refractivity contribution in [1.29, 1.82) is 0 Å². The van der Waals surface area contributed by atoms with Gasteiger partial charge >= 0.3 is 11.9 Å². The van der Waals surface area contributed by atoms with Crippen LogP contribution in [0.4, 0.5) is 0 Å². The Kier molecular flexibility index (Phi) is 13.8. The van der Waals surface area contributed by atoms with E-state index in [-0.39, 0.29) is 5.92 Å². The zero-order chi connectivity index (χ0) is 17.5. The SMILES string of the molecule is CC(CCCCCCN(C)CCCCCCCC(=O)O)C(=O)O. The lowest BCUT2D eigenvalue weighted by molar-refractivity contribution is -0.141. The molecule has 0 bridgehead atoms. The Morgan fingerprint density at radius 3 is 1.83 bits per heavy atom. The fraction of sp³-hybridized carbons (Fsp3) is 0.889. The highest BCUT2D eigenvalue weighted by atomic mass is 16.4. The lowest BCUT2D eigenvalue weighted by Gasteiger charge is -2.16. The van der Waals surface area contributed by atoms with Gasteiger partial charge in [-0.3, -0.25) is 9.59 Å². The van der Waals surface area contributed by atoms with Crippen LogP contribution in [-0.4, -0.2) is 47.2 Å². The highest BCUT2D eigenvalue weighted by Crippen LogP contribution is 2.11. The predicted octanol–water partition coefficient (Wildman–Crippen LogP) is 4.01. The fourth-order valence-electron chi connectivity index (χ4n) is 2.61. The van der Waals surface area contributed by atoms with Crippen molar-refractivity contribution in [3.8, 4) is 0 Å². The molecule has 0 saturated carbocycles. The summed E-state index contributed by atoms with van der Waals surface area (Å²) in [6.07, 6.45) is 10.9. The number of unbranched alkanes of at least 4 members (excludes halogenated alkanes) is 7. The van der Waals surface area contributed by atoms with Gasteiger partial charge in [0, 0.05) is 6.42 Å². The maximum absolute atomic E-state index is 10.7. The molecule has 0 amide bonds. The van der Waals surface area contributed by atoms with Crippen molar-refractivity contribution in [1.82, 2.24) is 4.90 Å². The first-order chi connectivity index (χ1) is 10.9. The number of hydrogen-bond donors (Lipinski definition) is 2. The summed E-state index contributed by atoms with van der Waals surface area (Å²) < 4.78 is 0. The van der Waals surface area contributed by atoms with Crippen LogP contribution in [-0.2, 0) is 9.59 Å². The van der Waals surface area contributed by atoms with Crippen LogP contribution in [0.3, 0.4) is 0 Å². The van der Waals surface area contributed by atoms with Crippen LogP contribution >= 0.6 is 0 Å². The summed E-state index contributed by atoms with van der Waals surface area (Å²) in [6.45, 7) is 3.99. The number of hydrogen-bond acceptors (Lipinski definition) is 3. The van der Waals surface area contributed by atoms with Crippen molar-refractivity contribution in [3.05, 3.63) is 0 Å². The van der Waals surface area contributed by atoms with Gasteiger partial charge < -0.3 is 15.1 Å². The number of aliphatic carboxylic acids is 2. The van der Waals surface area contributed by atoms with Gasteiger partial charge in [0.2, 0.25) is 0 Å². The standard InChI is InChI=1S/C18H35NO4/c1-16(18(22)23)12-8-5-7-11-15-19(2)14-10-6-3-4-9-13-17(20)21/h16H,3-15H2,1-2H3,(H,20,21)(H,22,23). The molecule has 5 heteroatoms. The van der Waals surface area contributed by atoms with Crippen molar-refractivity contribution in [2.24, 2.45) is 5.92 Å². The van der Waals surface area contributed by atoms with E-state index >= 15 is 0 Å². The monoisotopic (exact) mass is 329 g/mol. The third-order valence-corrected chi connectivity index (χ3v) is 4.28. The van der Waals surface area contributed by atoms with Crippen LogP contribution in [0.5, 0.6) is 0 Å². The minimum atomic E-state index is -0.692. The van der Waals surface area contributed by atoms with Crippen molar-refractivity contribution in [2.75, 3.05) is 20.1 Å². The molecular formula is C18H35NO4. The Labute approximate surface area is 141 Å². The molecule has 5 nitrogen and oxygen atoms in total.